The first kappa shape index (κ1) is 46.0. The number of nitrogens with zero attached hydrogens (tertiary/aromatic N) is 2. The van der Waals surface area contributed by atoms with Gasteiger partial charge < -0.3 is 9.80 Å². The normalized spacial score (nSPS) is 11.4. The zero-order valence-electron chi connectivity index (χ0n) is 41.7. The minimum Gasteiger partial charge on any atom is -0.310 e. The number of anilines is 6. The third kappa shape index (κ3) is 9.57. The molecule has 0 radical (unpaired) electrons. The van der Waals surface area contributed by atoms with Crippen molar-refractivity contribution < 1.29 is 0 Å². The molecule has 0 bridgehead atoms. The van der Waals surface area contributed by atoms with Crippen LogP contribution >= 0.6 is 0 Å². The van der Waals surface area contributed by atoms with Crippen LogP contribution in [-0.4, -0.2) is 0 Å². The molecule has 11 aromatic rings. The van der Waals surface area contributed by atoms with Gasteiger partial charge in [0, 0.05) is 34.1 Å². The van der Waals surface area contributed by atoms with Gasteiger partial charge in [0.15, 0.2) is 0 Å². The quantitative estimate of drug-likeness (QED) is 0.100. The van der Waals surface area contributed by atoms with Gasteiger partial charge in [-0.1, -0.05) is 210 Å². The lowest BCUT2D eigenvalue weighted by Gasteiger charge is -2.28. The molecule has 0 saturated heterocycles. The molecule has 0 aliphatic heterocycles. The van der Waals surface area contributed by atoms with E-state index in [2.05, 4.69) is 292 Å². The molecule has 0 aliphatic rings. The zero-order chi connectivity index (χ0) is 49.0. The average Bonchev–Trinajstić information content (AvgIpc) is 3.42. The van der Waals surface area contributed by atoms with E-state index < -0.39 is 0 Å². The lowest BCUT2D eigenvalue weighted by Crippen LogP contribution is -2.11. The molecule has 0 unspecified atom stereocenters. The largest absolute Gasteiger partial charge is 0.310 e. The van der Waals surface area contributed by atoms with Gasteiger partial charge >= 0.3 is 0 Å². The van der Waals surface area contributed by atoms with Gasteiger partial charge in [-0.3, -0.25) is 0 Å². The van der Waals surface area contributed by atoms with Crippen LogP contribution in [0.1, 0.15) is 38.8 Å². The van der Waals surface area contributed by atoms with Crippen LogP contribution in [0.4, 0.5) is 34.1 Å². The first-order chi connectivity index (χ1) is 35.3. The Labute approximate surface area is 426 Å². The number of hydrogen-bond acceptors (Lipinski definition) is 2. The van der Waals surface area contributed by atoms with Crippen LogP contribution in [0.5, 0.6) is 0 Å². The summed E-state index contributed by atoms with van der Waals surface area (Å²) in [5.74, 6) is 1.16. The molecule has 0 saturated carbocycles. The molecule has 0 fully saturated rings. The number of fused-ring (bicyclic) bond motifs is 2. The summed E-state index contributed by atoms with van der Waals surface area (Å²) >= 11 is 0. The maximum Gasteiger partial charge on any atom is 0.0468 e. The van der Waals surface area contributed by atoms with Crippen molar-refractivity contribution in [2.45, 2.75) is 40.5 Å². The second-order valence-electron chi connectivity index (χ2n) is 20.0. The van der Waals surface area contributed by atoms with E-state index >= 15 is 0 Å². The van der Waals surface area contributed by atoms with Crippen molar-refractivity contribution in [3.63, 3.8) is 0 Å². The van der Waals surface area contributed by atoms with Crippen LogP contribution in [0.25, 0.3) is 66.1 Å². The highest BCUT2D eigenvalue weighted by molar-refractivity contribution is 6.22. The molecule has 11 rings (SSSR count). The maximum absolute atomic E-state index is 2.43. The van der Waals surface area contributed by atoms with E-state index in [1.807, 2.05) is 0 Å². The summed E-state index contributed by atoms with van der Waals surface area (Å²) < 4.78 is 0. The SMILES string of the molecule is CC(C)Cc1ccc(N(c2ccc(-c3ccccc3)cc2)c2ccc3c(-c4ccccc4)c4cc(N(c5ccc(CC(C)C)cc5)c5ccc(-c6ccccc6)cc5)ccc4c(-c4ccccc4)c3c2)cc1. The van der Waals surface area contributed by atoms with Gasteiger partial charge in [0.25, 0.3) is 0 Å². The standard InChI is InChI=1S/C70H60N2/c1-49(2)45-51-25-33-59(34-26-51)71(61-37-29-55(30-38-61)53-17-9-5-10-18-53)63-41-43-65-67(47-63)69(57-21-13-7-14-22-57)66-44-42-64(48-68(66)70(65)58-23-15-8-16-24-58)72(60-35-27-52(28-36-60)46-50(3)4)62-39-31-56(32-40-62)54-19-11-6-12-20-54/h5-44,47-50H,45-46H2,1-4H3. The predicted octanol–water partition coefficient (Wildman–Crippen LogP) is 20.0. The summed E-state index contributed by atoms with van der Waals surface area (Å²) in [4.78, 5) is 4.84. The fourth-order valence-electron chi connectivity index (χ4n) is 10.6. The van der Waals surface area contributed by atoms with E-state index in [0.29, 0.717) is 11.8 Å². The third-order valence-corrected chi connectivity index (χ3v) is 13.9. The van der Waals surface area contributed by atoms with Crippen LogP contribution in [0, 0.1) is 11.8 Å². The Kier molecular flexibility index (Phi) is 13.1. The van der Waals surface area contributed by atoms with Crippen molar-refractivity contribution in [1.82, 2.24) is 0 Å². The Morgan fingerprint density at radius 1 is 0.250 bits per heavy atom. The molecular weight excluding hydrogens is 869 g/mol. The summed E-state index contributed by atoms with van der Waals surface area (Å²) in [5, 5.41) is 4.82. The third-order valence-electron chi connectivity index (χ3n) is 13.9. The maximum atomic E-state index is 2.43. The summed E-state index contributed by atoms with van der Waals surface area (Å²) in [6, 6.07) is 94.0. The van der Waals surface area contributed by atoms with E-state index in [9.17, 15) is 0 Å². The molecule has 0 aliphatic carbocycles. The lowest BCUT2D eigenvalue weighted by atomic mass is 9.85. The highest BCUT2D eigenvalue weighted by Crippen LogP contribution is 2.48. The Hall–Kier alpha value is -8.46. The highest BCUT2D eigenvalue weighted by atomic mass is 15.1. The predicted molar refractivity (Wildman–Crippen MR) is 310 cm³/mol. The van der Waals surface area contributed by atoms with Crippen molar-refractivity contribution in [2.75, 3.05) is 9.80 Å². The minimum absolute atomic E-state index is 0.578. The Bertz CT molecular complexity index is 3320. The second kappa shape index (κ2) is 20.5. The topological polar surface area (TPSA) is 6.48 Å². The molecule has 11 aromatic carbocycles. The van der Waals surface area contributed by atoms with E-state index in [0.717, 1.165) is 47.0 Å². The van der Waals surface area contributed by atoms with Gasteiger partial charge in [-0.15, -0.1) is 0 Å². The molecule has 0 amide bonds. The van der Waals surface area contributed by atoms with Gasteiger partial charge in [-0.25, -0.2) is 0 Å². The molecule has 0 heterocycles. The van der Waals surface area contributed by atoms with Gasteiger partial charge in [-0.05, 0) is 175 Å². The molecule has 0 atom stereocenters. The average molecular weight is 929 g/mol. The Morgan fingerprint density at radius 3 is 0.819 bits per heavy atom. The Balaban J connectivity index is 1.13. The molecule has 0 aromatic heterocycles. The highest BCUT2D eigenvalue weighted by Gasteiger charge is 2.23. The zero-order valence-corrected chi connectivity index (χ0v) is 41.7. The van der Waals surface area contributed by atoms with Crippen LogP contribution in [0.2, 0.25) is 0 Å². The molecule has 0 N–H and O–H groups in total. The number of benzene rings is 11. The summed E-state index contributed by atoms with van der Waals surface area (Å²) in [6.07, 6.45) is 2.09. The lowest BCUT2D eigenvalue weighted by molar-refractivity contribution is 0.647. The van der Waals surface area contributed by atoms with Crippen molar-refractivity contribution in [3.05, 3.63) is 266 Å². The van der Waals surface area contributed by atoms with Crippen molar-refractivity contribution in [3.8, 4) is 44.5 Å². The van der Waals surface area contributed by atoms with Crippen molar-refractivity contribution in [1.29, 1.82) is 0 Å². The molecule has 0 spiro atoms. The van der Waals surface area contributed by atoms with Crippen LogP contribution in [-0.2, 0) is 12.8 Å². The Morgan fingerprint density at radius 2 is 0.514 bits per heavy atom. The fraction of sp³-hybridized carbons (Fsp3) is 0.114. The van der Waals surface area contributed by atoms with Gasteiger partial charge in [0.2, 0.25) is 0 Å². The monoisotopic (exact) mass is 928 g/mol. The van der Waals surface area contributed by atoms with E-state index in [4.69, 9.17) is 0 Å². The van der Waals surface area contributed by atoms with Gasteiger partial charge in [0.05, 0.1) is 0 Å². The molecule has 2 nitrogen and oxygen atoms in total. The first-order valence-corrected chi connectivity index (χ1v) is 25.6. The molecule has 350 valence electrons. The molecule has 72 heavy (non-hydrogen) atoms. The first-order valence-electron chi connectivity index (χ1n) is 25.6. The van der Waals surface area contributed by atoms with Crippen LogP contribution in [0.3, 0.4) is 0 Å². The smallest absolute Gasteiger partial charge is 0.0468 e. The van der Waals surface area contributed by atoms with Gasteiger partial charge in [0.1, 0.15) is 0 Å². The summed E-state index contributed by atoms with van der Waals surface area (Å²) in [5.41, 5.74) is 19.0. The number of rotatable bonds is 14. The van der Waals surface area contributed by atoms with Crippen LogP contribution < -0.4 is 9.80 Å². The van der Waals surface area contributed by atoms with E-state index in [1.165, 1.54) is 77.2 Å². The summed E-state index contributed by atoms with van der Waals surface area (Å²) in [6.45, 7) is 9.15. The van der Waals surface area contributed by atoms with Crippen molar-refractivity contribution in [2.24, 2.45) is 11.8 Å². The molecular formula is C70H60N2. The van der Waals surface area contributed by atoms with Crippen LogP contribution in [0.15, 0.2) is 255 Å². The number of hydrogen-bond donors (Lipinski definition) is 0. The van der Waals surface area contributed by atoms with E-state index in [-0.39, 0.29) is 0 Å². The minimum atomic E-state index is 0.578. The van der Waals surface area contributed by atoms with Crippen molar-refractivity contribution >= 4 is 55.7 Å². The molecule has 2 heteroatoms. The summed E-state index contributed by atoms with van der Waals surface area (Å²) in [7, 11) is 0. The second-order valence-corrected chi connectivity index (χ2v) is 20.0. The van der Waals surface area contributed by atoms with Gasteiger partial charge in [-0.2, -0.15) is 0 Å². The van der Waals surface area contributed by atoms with E-state index in [1.54, 1.807) is 0 Å². The fourth-order valence-corrected chi connectivity index (χ4v) is 10.6.